The van der Waals surface area contributed by atoms with Crippen molar-refractivity contribution < 1.29 is 4.74 Å². The highest BCUT2D eigenvalue weighted by Gasteiger charge is 2.21. The SMILES string of the molecule is CN1CCC[C@H]1COc1cnc(Cl)c(C=Cc2ccncc2)c1. The first kappa shape index (κ1) is 16.0. The molecule has 1 fully saturated rings. The summed E-state index contributed by atoms with van der Waals surface area (Å²) in [5, 5.41) is 0.473. The lowest BCUT2D eigenvalue weighted by Crippen LogP contribution is -2.30. The van der Waals surface area contributed by atoms with Crippen LogP contribution >= 0.6 is 11.6 Å². The van der Waals surface area contributed by atoms with Crippen LogP contribution < -0.4 is 4.74 Å². The van der Waals surface area contributed by atoms with Crippen molar-refractivity contribution in [1.29, 1.82) is 0 Å². The minimum absolute atomic E-state index is 0.473. The van der Waals surface area contributed by atoms with Crippen LogP contribution in [-0.2, 0) is 0 Å². The second-order valence-electron chi connectivity index (χ2n) is 5.75. The van der Waals surface area contributed by atoms with Crippen LogP contribution in [0, 0.1) is 0 Å². The van der Waals surface area contributed by atoms with E-state index in [1.807, 2.05) is 30.4 Å². The Bertz CT molecular complexity index is 675. The molecule has 1 saturated heterocycles. The van der Waals surface area contributed by atoms with Gasteiger partial charge in [0.2, 0.25) is 0 Å². The molecule has 0 saturated carbocycles. The molecule has 23 heavy (non-hydrogen) atoms. The highest BCUT2D eigenvalue weighted by molar-refractivity contribution is 6.31. The lowest BCUT2D eigenvalue weighted by Gasteiger charge is -2.19. The fourth-order valence-electron chi connectivity index (χ4n) is 2.68. The minimum Gasteiger partial charge on any atom is -0.490 e. The molecule has 0 aliphatic carbocycles. The van der Waals surface area contributed by atoms with Gasteiger partial charge in [0.15, 0.2) is 0 Å². The molecule has 4 nitrogen and oxygen atoms in total. The van der Waals surface area contributed by atoms with E-state index in [0.29, 0.717) is 17.8 Å². The Balaban J connectivity index is 1.67. The van der Waals surface area contributed by atoms with Crippen LogP contribution in [0.1, 0.15) is 24.0 Å². The number of likely N-dealkylation sites (tertiary alicyclic amines) is 1. The quantitative estimate of drug-likeness (QED) is 0.783. The van der Waals surface area contributed by atoms with Crippen molar-refractivity contribution >= 4 is 23.8 Å². The van der Waals surface area contributed by atoms with E-state index >= 15 is 0 Å². The number of likely N-dealkylation sites (N-methyl/N-ethyl adjacent to an activating group) is 1. The predicted molar refractivity (Wildman–Crippen MR) is 93.6 cm³/mol. The average Bonchev–Trinajstić information content (AvgIpc) is 2.99. The van der Waals surface area contributed by atoms with Gasteiger partial charge in [-0.25, -0.2) is 4.98 Å². The summed E-state index contributed by atoms with van der Waals surface area (Å²) in [5.41, 5.74) is 1.91. The van der Waals surface area contributed by atoms with Crippen LogP contribution in [0.15, 0.2) is 36.8 Å². The van der Waals surface area contributed by atoms with Crippen LogP contribution in [-0.4, -0.2) is 41.1 Å². The Hall–Kier alpha value is -1.91. The highest BCUT2D eigenvalue weighted by Crippen LogP contribution is 2.23. The number of aromatic nitrogens is 2. The van der Waals surface area contributed by atoms with E-state index in [4.69, 9.17) is 16.3 Å². The summed E-state index contributed by atoms with van der Waals surface area (Å²) in [7, 11) is 2.14. The molecule has 0 N–H and O–H groups in total. The van der Waals surface area contributed by atoms with E-state index in [1.165, 1.54) is 12.8 Å². The molecule has 3 rings (SSSR count). The summed E-state index contributed by atoms with van der Waals surface area (Å²) in [6, 6.07) is 6.30. The molecule has 2 aromatic rings. The fraction of sp³-hybridized carbons (Fsp3) is 0.333. The number of rotatable bonds is 5. The topological polar surface area (TPSA) is 38.2 Å². The van der Waals surface area contributed by atoms with Crippen LogP contribution in [0.25, 0.3) is 12.2 Å². The summed E-state index contributed by atoms with van der Waals surface area (Å²) >= 11 is 6.17. The van der Waals surface area contributed by atoms with Crippen LogP contribution in [0.3, 0.4) is 0 Å². The van der Waals surface area contributed by atoms with Crippen molar-refractivity contribution in [1.82, 2.24) is 14.9 Å². The van der Waals surface area contributed by atoms with Crippen molar-refractivity contribution in [2.75, 3.05) is 20.2 Å². The smallest absolute Gasteiger partial charge is 0.138 e. The molecule has 5 heteroatoms. The van der Waals surface area contributed by atoms with Gasteiger partial charge >= 0.3 is 0 Å². The Kier molecular flexibility index (Phi) is 5.26. The van der Waals surface area contributed by atoms with E-state index in [9.17, 15) is 0 Å². The summed E-state index contributed by atoms with van der Waals surface area (Å²) < 4.78 is 5.90. The second kappa shape index (κ2) is 7.57. The average molecular weight is 330 g/mol. The molecule has 0 aromatic carbocycles. The van der Waals surface area contributed by atoms with E-state index in [0.717, 1.165) is 23.4 Å². The number of hydrogen-bond donors (Lipinski definition) is 0. The van der Waals surface area contributed by atoms with E-state index in [2.05, 4.69) is 21.9 Å². The van der Waals surface area contributed by atoms with Gasteiger partial charge < -0.3 is 9.64 Å². The first-order chi connectivity index (χ1) is 11.2. The lowest BCUT2D eigenvalue weighted by molar-refractivity contribution is 0.198. The number of hydrogen-bond acceptors (Lipinski definition) is 4. The molecule has 0 spiro atoms. The predicted octanol–water partition coefficient (Wildman–Crippen LogP) is 3.77. The van der Waals surface area contributed by atoms with Crippen molar-refractivity contribution in [2.24, 2.45) is 0 Å². The molecule has 0 bridgehead atoms. The van der Waals surface area contributed by atoms with E-state index in [1.54, 1.807) is 18.6 Å². The lowest BCUT2D eigenvalue weighted by atomic mass is 10.2. The van der Waals surface area contributed by atoms with Crippen molar-refractivity contribution in [3.05, 3.63) is 53.1 Å². The van der Waals surface area contributed by atoms with Gasteiger partial charge in [-0.15, -0.1) is 0 Å². The fourth-order valence-corrected chi connectivity index (χ4v) is 2.85. The molecule has 1 aliphatic heterocycles. The number of ether oxygens (including phenoxy) is 1. The Morgan fingerprint density at radius 2 is 2.17 bits per heavy atom. The first-order valence-corrected chi connectivity index (χ1v) is 8.17. The van der Waals surface area contributed by atoms with Gasteiger partial charge in [0, 0.05) is 24.0 Å². The molecular weight excluding hydrogens is 310 g/mol. The number of pyridine rings is 2. The summed E-state index contributed by atoms with van der Waals surface area (Å²) in [6.45, 7) is 1.83. The molecule has 1 atom stereocenters. The zero-order valence-corrected chi connectivity index (χ0v) is 13.9. The van der Waals surface area contributed by atoms with Gasteiger partial charge in [0.25, 0.3) is 0 Å². The molecule has 1 aliphatic rings. The summed E-state index contributed by atoms with van der Waals surface area (Å²) in [4.78, 5) is 10.6. The van der Waals surface area contributed by atoms with Gasteiger partial charge in [0.1, 0.15) is 17.5 Å². The molecular formula is C18H20ClN3O. The Morgan fingerprint density at radius 3 is 2.91 bits per heavy atom. The second-order valence-corrected chi connectivity index (χ2v) is 6.11. The highest BCUT2D eigenvalue weighted by atomic mass is 35.5. The third kappa shape index (κ3) is 4.30. The van der Waals surface area contributed by atoms with E-state index in [-0.39, 0.29) is 0 Å². The minimum atomic E-state index is 0.473. The third-order valence-corrected chi connectivity index (χ3v) is 4.43. The Labute approximate surface area is 141 Å². The molecule has 2 aromatic heterocycles. The monoisotopic (exact) mass is 329 g/mol. The van der Waals surface area contributed by atoms with Gasteiger partial charge in [0.05, 0.1) is 6.20 Å². The zero-order chi connectivity index (χ0) is 16.1. The van der Waals surface area contributed by atoms with Crippen LogP contribution in [0.2, 0.25) is 5.15 Å². The molecule has 3 heterocycles. The van der Waals surface area contributed by atoms with Gasteiger partial charge in [-0.2, -0.15) is 0 Å². The normalized spacial score (nSPS) is 18.6. The van der Waals surface area contributed by atoms with Gasteiger partial charge in [-0.05, 0) is 50.2 Å². The summed E-state index contributed by atoms with van der Waals surface area (Å²) in [5.74, 6) is 0.754. The standard InChI is InChI=1S/C18H20ClN3O/c1-22-10-2-3-16(22)13-23-17-11-15(18(19)21-12-17)5-4-14-6-8-20-9-7-14/h4-9,11-12,16H,2-3,10,13H2,1H3/t16-/m0/s1. The van der Waals surface area contributed by atoms with Gasteiger partial charge in [-0.3, -0.25) is 4.98 Å². The maximum Gasteiger partial charge on any atom is 0.138 e. The number of halogens is 1. The first-order valence-electron chi connectivity index (χ1n) is 7.79. The maximum atomic E-state index is 6.17. The Morgan fingerprint density at radius 1 is 1.35 bits per heavy atom. The van der Waals surface area contributed by atoms with E-state index < -0.39 is 0 Å². The molecule has 0 amide bonds. The third-order valence-electron chi connectivity index (χ3n) is 4.12. The molecule has 0 radical (unpaired) electrons. The summed E-state index contributed by atoms with van der Waals surface area (Å²) in [6.07, 6.45) is 11.6. The van der Waals surface area contributed by atoms with Crippen molar-refractivity contribution in [3.63, 3.8) is 0 Å². The zero-order valence-electron chi connectivity index (χ0n) is 13.2. The molecule has 120 valence electrons. The van der Waals surface area contributed by atoms with Crippen molar-refractivity contribution in [2.45, 2.75) is 18.9 Å². The van der Waals surface area contributed by atoms with Crippen molar-refractivity contribution in [3.8, 4) is 5.75 Å². The molecule has 0 unspecified atom stereocenters. The maximum absolute atomic E-state index is 6.17. The van der Waals surface area contributed by atoms with Gasteiger partial charge in [-0.1, -0.05) is 23.8 Å². The number of nitrogens with zero attached hydrogens (tertiary/aromatic N) is 3. The van der Waals surface area contributed by atoms with Crippen LogP contribution in [0.4, 0.5) is 0 Å². The largest absolute Gasteiger partial charge is 0.490 e. The van der Waals surface area contributed by atoms with Crippen LogP contribution in [0.5, 0.6) is 5.75 Å².